The van der Waals surface area contributed by atoms with Crippen molar-refractivity contribution in [3.8, 4) is 5.75 Å². The van der Waals surface area contributed by atoms with Crippen LogP contribution in [0.3, 0.4) is 0 Å². The van der Waals surface area contributed by atoms with Gasteiger partial charge in [0.15, 0.2) is 0 Å². The van der Waals surface area contributed by atoms with Gasteiger partial charge in [0.2, 0.25) is 0 Å². The third-order valence-corrected chi connectivity index (χ3v) is 3.67. The van der Waals surface area contributed by atoms with Gasteiger partial charge in [-0.1, -0.05) is 42.2 Å². The zero-order chi connectivity index (χ0) is 11.4. The molecule has 0 bridgehead atoms. The smallest absolute Gasteiger partial charge is 0.410 e. The molecule has 1 saturated heterocycles. The summed E-state index contributed by atoms with van der Waals surface area (Å²) in [5.41, 5.74) is 0. The first-order valence-electron chi connectivity index (χ1n) is 4.98. The second-order valence-electron chi connectivity index (χ2n) is 3.30. The van der Waals surface area contributed by atoms with Crippen LogP contribution in [0.25, 0.3) is 0 Å². The molecule has 2 rings (SSSR count). The molecule has 16 heavy (non-hydrogen) atoms. The van der Waals surface area contributed by atoms with Gasteiger partial charge >= 0.3 is 6.09 Å². The van der Waals surface area contributed by atoms with Gasteiger partial charge in [0, 0.05) is 12.3 Å². The van der Waals surface area contributed by atoms with Gasteiger partial charge in [0.25, 0.3) is 0 Å². The van der Waals surface area contributed by atoms with Gasteiger partial charge in [-0.3, -0.25) is 4.90 Å². The Labute approximate surface area is 104 Å². The molecule has 0 radical (unpaired) electrons. The van der Waals surface area contributed by atoms with Gasteiger partial charge in [-0.15, -0.1) is 0 Å². The average Bonchev–Trinajstić information content (AvgIpc) is 2.31. The number of hydrogen-bond donors (Lipinski definition) is 0. The fraction of sp³-hybridized carbons (Fsp3) is 0.273. The summed E-state index contributed by atoms with van der Waals surface area (Å²) in [4.78, 5) is 13.3. The van der Waals surface area contributed by atoms with E-state index < -0.39 is 0 Å². The van der Waals surface area contributed by atoms with Crippen LogP contribution in [-0.4, -0.2) is 27.6 Å². The molecule has 1 amide bonds. The quantitative estimate of drug-likeness (QED) is 0.720. The predicted molar refractivity (Wildman–Crippen MR) is 68.8 cm³/mol. The maximum Gasteiger partial charge on any atom is 0.420 e. The summed E-state index contributed by atoms with van der Waals surface area (Å²) >= 11 is 6.63. The molecular weight excluding hydrogens is 242 g/mol. The van der Waals surface area contributed by atoms with Gasteiger partial charge < -0.3 is 4.74 Å². The van der Waals surface area contributed by atoms with Crippen molar-refractivity contribution in [2.24, 2.45) is 0 Å². The Bertz CT molecular complexity index is 394. The van der Waals surface area contributed by atoms with Crippen molar-refractivity contribution in [2.45, 2.75) is 6.42 Å². The highest BCUT2D eigenvalue weighted by molar-refractivity contribution is 8.23. The Hall–Kier alpha value is -1.07. The van der Waals surface area contributed by atoms with Crippen molar-refractivity contribution in [3.05, 3.63) is 30.3 Å². The second kappa shape index (κ2) is 5.32. The van der Waals surface area contributed by atoms with Gasteiger partial charge in [0.1, 0.15) is 10.1 Å². The maximum atomic E-state index is 11.8. The standard InChI is InChI=1S/C11H11NO2S2/c13-10(12-7-4-8-16-11(12)15)14-9-5-2-1-3-6-9/h1-3,5-6H,4,7-8H2. The van der Waals surface area contributed by atoms with Crippen LogP contribution in [0, 0.1) is 0 Å². The summed E-state index contributed by atoms with van der Waals surface area (Å²) in [6.07, 6.45) is 0.567. The molecule has 0 atom stereocenters. The number of carbonyl (C=O) groups excluding carboxylic acids is 1. The Balaban J connectivity index is 2.00. The molecule has 3 nitrogen and oxygen atoms in total. The fourth-order valence-electron chi connectivity index (χ4n) is 1.36. The van der Waals surface area contributed by atoms with E-state index in [4.69, 9.17) is 17.0 Å². The zero-order valence-electron chi connectivity index (χ0n) is 8.59. The molecule has 5 heteroatoms. The van der Waals surface area contributed by atoms with E-state index in [-0.39, 0.29) is 6.09 Å². The fourth-order valence-corrected chi connectivity index (χ4v) is 2.55. The summed E-state index contributed by atoms with van der Waals surface area (Å²) in [6, 6.07) is 9.02. The first kappa shape index (κ1) is 11.4. The summed E-state index contributed by atoms with van der Waals surface area (Å²) in [7, 11) is 0. The van der Waals surface area contributed by atoms with Crippen molar-refractivity contribution >= 4 is 34.4 Å². The van der Waals surface area contributed by atoms with E-state index in [0.29, 0.717) is 16.6 Å². The first-order chi connectivity index (χ1) is 7.77. The van der Waals surface area contributed by atoms with Crippen molar-refractivity contribution < 1.29 is 9.53 Å². The van der Waals surface area contributed by atoms with Crippen LogP contribution in [0.4, 0.5) is 4.79 Å². The van der Waals surface area contributed by atoms with Gasteiger partial charge in [-0.25, -0.2) is 4.79 Å². The van der Waals surface area contributed by atoms with E-state index in [1.165, 1.54) is 16.7 Å². The topological polar surface area (TPSA) is 29.5 Å². The molecule has 84 valence electrons. The van der Waals surface area contributed by atoms with E-state index in [2.05, 4.69) is 0 Å². The predicted octanol–water partition coefficient (Wildman–Crippen LogP) is 2.91. The number of rotatable bonds is 1. The number of nitrogens with zero attached hydrogens (tertiary/aromatic N) is 1. The van der Waals surface area contributed by atoms with Gasteiger partial charge in [0.05, 0.1) is 0 Å². The molecular formula is C11H11NO2S2. The van der Waals surface area contributed by atoms with E-state index in [9.17, 15) is 4.79 Å². The van der Waals surface area contributed by atoms with Crippen LogP contribution in [-0.2, 0) is 0 Å². The van der Waals surface area contributed by atoms with Crippen LogP contribution in [0.15, 0.2) is 30.3 Å². The van der Waals surface area contributed by atoms with Crippen LogP contribution in [0.2, 0.25) is 0 Å². The maximum absolute atomic E-state index is 11.8. The molecule has 0 saturated carbocycles. The Morgan fingerprint density at radius 2 is 2.12 bits per heavy atom. The van der Waals surface area contributed by atoms with Crippen LogP contribution < -0.4 is 4.74 Å². The van der Waals surface area contributed by atoms with Gasteiger partial charge in [-0.2, -0.15) is 0 Å². The molecule has 1 aromatic rings. The van der Waals surface area contributed by atoms with E-state index in [1.54, 1.807) is 12.1 Å². The molecule has 0 spiro atoms. The SMILES string of the molecule is O=C(Oc1ccccc1)N1CCCSC1=S. The van der Waals surface area contributed by atoms with Crippen LogP contribution in [0.5, 0.6) is 5.75 Å². The number of para-hydroxylation sites is 1. The molecule has 1 aliphatic heterocycles. The second-order valence-corrected chi connectivity index (χ2v) is 5.03. The molecule has 1 fully saturated rings. The third-order valence-electron chi connectivity index (χ3n) is 2.14. The molecule has 1 heterocycles. The van der Waals surface area contributed by atoms with E-state index in [1.807, 2.05) is 18.2 Å². The molecule has 0 aromatic heterocycles. The summed E-state index contributed by atoms with van der Waals surface area (Å²) < 4.78 is 5.81. The van der Waals surface area contributed by atoms with Crippen LogP contribution in [0.1, 0.15) is 6.42 Å². The van der Waals surface area contributed by atoms with Gasteiger partial charge in [-0.05, 0) is 18.6 Å². The van der Waals surface area contributed by atoms with Crippen molar-refractivity contribution in [2.75, 3.05) is 12.3 Å². The minimum Gasteiger partial charge on any atom is -0.410 e. The lowest BCUT2D eigenvalue weighted by Crippen LogP contribution is -2.39. The largest absolute Gasteiger partial charge is 0.420 e. The molecule has 1 aromatic carbocycles. The zero-order valence-corrected chi connectivity index (χ0v) is 10.2. The monoisotopic (exact) mass is 253 g/mol. The van der Waals surface area contributed by atoms with Crippen molar-refractivity contribution in [3.63, 3.8) is 0 Å². The lowest BCUT2D eigenvalue weighted by atomic mass is 10.3. The van der Waals surface area contributed by atoms with E-state index in [0.717, 1.165) is 12.2 Å². The summed E-state index contributed by atoms with van der Waals surface area (Å²) in [6.45, 7) is 0.650. The van der Waals surface area contributed by atoms with E-state index >= 15 is 0 Å². The number of thioether (sulfide) groups is 1. The van der Waals surface area contributed by atoms with Crippen molar-refractivity contribution in [1.82, 2.24) is 4.90 Å². The average molecular weight is 253 g/mol. The summed E-state index contributed by atoms with van der Waals surface area (Å²) in [5, 5.41) is 0. The van der Waals surface area contributed by atoms with Crippen LogP contribution >= 0.6 is 24.0 Å². The third kappa shape index (κ3) is 2.74. The number of ether oxygens (including phenoxy) is 1. The molecule has 1 aliphatic rings. The Kier molecular flexibility index (Phi) is 3.79. The number of carbonyl (C=O) groups is 1. The summed E-state index contributed by atoms with van der Waals surface area (Å²) in [5.74, 6) is 1.53. The lowest BCUT2D eigenvalue weighted by molar-refractivity contribution is 0.177. The number of thiocarbonyl (C=S) groups is 1. The minimum absolute atomic E-state index is 0.386. The highest BCUT2D eigenvalue weighted by Gasteiger charge is 2.23. The first-order valence-corrected chi connectivity index (χ1v) is 6.38. The molecule has 0 unspecified atom stereocenters. The normalized spacial score (nSPS) is 16.0. The number of benzene rings is 1. The number of amides is 1. The highest BCUT2D eigenvalue weighted by atomic mass is 32.2. The number of hydrogen-bond acceptors (Lipinski definition) is 4. The van der Waals surface area contributed by atoms with Crippen molar-refractivity contribution in [1.29, 1.82) is 0 Å². The Morgan fingerprint density at radius 3 is 2.81 bits per heavy atom. The molecule has 0 N–H and O–H groups in total. The molecule has 0 aliphatic carbocycles. The minimum atomic E-state index is -0.386. The Morgan fingerprint density at radius 1 is 1.38 bits per heavy atom. The highest BCUT2D eigenvalue weighted by Crippen LogP contribution is 2.19. The lowest BCUT2D eigenvalue weighted by Gasteiger charge is -2.25.